The molecule has 0 aliphatic carbocycles. The highest BCUT2D eigenvalue weighted by Crippen LogP contribution is 2.29. The van der Waals surface area contributed by atoms with Gasteiger partial charge in [0.25, 0.3) is 0 Å². The molecule has 1 rings (SSSR count). The summed E-state index contributed by atoms with van der Waals surface area (Å²) >= 11 is 0. The molecular weight excluding hydrogens is 274 g/mol. The van der Waals surface area contributed by atoms with Crippen LogP contribution in [0, 0.1) is 11.8 Å². The molecule has 0 aliphatic heterocycles. The Kier molecular flexibility index (Phi) is 6.02. The van der Waals surface area contributed by atoms with Gasteiger partial charge in [0.05, 0.1) is 21.3 Å². The molecule has 116 valence electrons. The third-order valence-corrected chi connectivity index (χ3v) is 3.34. The third-order valence-electron chi connectivity index (χ3n) is 3.34. The molecular formula is C15H21NO5. The van der Waals surface area contributed by atoms with Gasteiger partial charge < -0.3 is 19.9 Å². The van der Waals surface area contributed by atoms with E-state index in [0.717, 1.165) is 5.56 Å². The first-order chi connectivity index (χ1) is 9.94. The van der Waals surface area contributed by atoms with Gasteiger partial charge in [0.2, 0.25) is 5.91 Å². The molecule has 1 aromatic carbocycles. The van der Waals surface area contributed by atoms with Gasteiger partial charge in [0.1, 0.15) is 5.92 Å². The normalized spacial score (nSPS) is 13.1. The minimum absolute atomic E-state index is 0.284. The summed E-state index contributed by atoms with van der Waals surface area (Å²) in [6.45, 7) is 1.78. The summed E-state index contributed by atoms with van der Waals surface area (Å²) in [5.74, 6) is -1.34. The lowest BCUT2D eigenvalue weighted by Crippen LogP contribution is -2.36. The van der Waals surface area contributed by atoms with Crippen molar-refractivity contribution in [3.63, 3.8) is 0 Å². The number of benzene rings is 1. The van der Waals surface area contributed by atoms with E-state index >= 15 is 0 Å². The largest absolute Gasteiger partial charge is 0.493 e. The van der Waals surface area contributed by atoms with Gasteiger partial charge >= 0.3 is 5.97 Å². The van der Waals surface area contributed by atoms with E-state index in [4.69, 9.17) is 15.2 Å². The molecule has 1 amide bonds. The second-order valence-corrected chi connectivity index (χ2v) is 4.77. The first-order valence-corrected chi connectivity index (χ1v) is 6.52. The number of ether oxygens (including phenoxy) is 3. The van der Waals surface area contributed by atoms with Crippen molar-refractivity contribution in [1.29, 1.82) is 0 Å². The molecule has 1 aromatic rings. The molecule has 0 saturated heterocycles. The highest BCUT2D eigenvalue weighted by Gasteiger charge is 2.31. The fourth-order valence-electron chi connectivity index (χ4n) is 2.25. The van der Waals surface area contributed by atoms with Gasteiger partial charge in [0, 0.05) is 0 Å². The smallest absolute Gasteiger partial charge is 0.318 e. The molecule has 0 heterocycles. The van der Waals surface area contributed by atoms with Crippen molar-refractivity contribution in [2.24, 2.45) is 17.6 Å². The van der Waals surface area contributed by atoms with Crippen LogP contribution in [0.3, 0.4) is 0 Å². The van der Waals surface area contributed by atoms with Crippen LogP contribution in [-0.2, 0) is 20.7 Å². The van der Waals surface area contributed by atoms with E-state index in [2.05, 4.69) is 4.74 Å². The summed E-state index contributed by atoms with van der Waals surface area (Å²) in [5, 5.41) is 0. The van der Waals surface area contributed by atoms with Crippen molar-refractivity contribution in [2.75, 3.05) is 21.3 Å². The minimum Gasteiger partial charge on any atom is -0.493 e. The molecule has 21 heavy (non-hydrogen) atoms. The lowest BCUT2D eigenvalue weighted by Gasteiger charge is -2.19. The highest BCUT2D eigenvalue weighted by atomic mass is 16.5. The second kappa shape index (κ2) is 7.52. The summed E-state index contributed by atoms with van der Waals surface area (Å²) in [6, 6.07) is 5.44. The number of rotatable bonds is 7. The molecule has 0 aliphatic rings. The van der Waals surface area contributed by atoms with Gasteiger partial charge in [-0.15, -0.1) is 0 Å². The monoisotopic (exact) mass is 295 g/mol. The summed E-state index contributed by atoms with van der Waals surface area (Å²) in [5.41, 5.74) is 6.20. The van der Waals surface area contributed by atoms with Gasteiger partial charge in [-0.3, -0.25) is 9.59 Å². The lowest BCUT2D eigenvalue weighted by atomic mass is 9.87. The standard InChI is InChI=1S/C15H21NO5/c1-9(13(14(16)17)15(18)21-4)7-10-5-6-11(19-2)12(8-10)20-3/h5-6,8-9,13H,7H2,1-4H3,(H2,16,17). The summed E-state index contributed by atoms with van der Waals surface area (Å²) in [7, 11) is 4.34. The molecule has 6 nitrogen and oxygen atoms in total. The Morgan fingerprint density at radius 1 is 1.14 bits per heavy atom. The van der Waals surface area contributed by atoms with Crippen LogP contribution in [0.25, 0.3) is 0 Å². The van der Waals surface area contributed by atoms with Gasteiger partial charge in [-0.1, -0.05) is 13.0 Å². The zero-order chi connectivity index (χ0) is 16.0. The fraction of sp³-hybridized carbons (Fsp3) is 0.467. The summed E-state index contributed by atoms with van der Waals surface area (Å²) in [4.78, 5) is 23.1. The van der Waals surface area contributed by atoms with Gasteiger partial charge in [-0.2, -0.15) is 0 Å². The number of esters is 1. The van der Waals surface area contributed by atoms with Gasteiger partial charge in [0.15, 0.2) is 11.5 Å². The summed E-state index contributed by atoms with van der Waals surface area (Å²) < 4.78 is 15.0. The maximum Gasteiger partial charge on any atom is 0.318 e. The number of nitrogens with two attached hydrogens (primary N) is 1. The van der Waals surface area contributed by atoms with Crippen molar-refractivity contribution in [3.8, 4) is 11.5 Å². The first kappa shape index (κ1) is 16.8. The average molecular weight is 295 g/mol. The van der Waals surface area contributed by atoms with E-state index < -0.39 is 17.8 Å². The molecule has 0 saturated carbocycles. The Morgan fingerprint density at radius 2 is 1.76 bits per heavy atom. The number of amides is 1. The van der Waals surface area contributed by atoms with Crippen molar-refractivity contribution in [1.82, 2.24) is 0 Å². The van der Waals surface area contributed by atoms with Crippen LogP contribution in [0.1, 0.15) is 12.5 Å². The number of hydrogen-bond acceptors (Lipinski definition) is 5. The Balaban J connectivity index is 2.93. The SMILES string of the molecule is COC(=O)C(C(N)=O)C(C)Cc1ccc(OC)c(OC)c1. The lowest BCUT2D eigenvalue weighted by molar-refractivity contribution is -0.151. The van der Waals surface area contributed by atoms with Crippen LogP contribution in [-0.4, -0.2) is 33.2 Å². The number of primary amides is 1. The average Bonchev–Trinajstić information content (AvgIpc) is 2.46. The van der Waals surface area contributed by atoms with Crippen LogP contribution < -0.4 is 15.2 Å². The van der Waals surface area contributed by atoms with Crippen LogP contribution in [0.15, 0.2) is 18.2 Å². The van der Waals surface area contributed by atoms with Crippen LogP contribution in [0.4, 0.5) is 0 Å². The molecule has 2 atom stereocenters. The summed E-state index contributed by atoms with van der Waals surface area (Å²) in [6.07, 6.45) is 0.489. The minimum atomic E-state index is -0.969. The van der Waals surface area contributed by atoms with Crippen LogP contribution >= 0.6 is 0 Å². The van der Waals surface area contributed by atoms with E-state index in [-0.39, 0.29) is 5.92 Å². The molecule has 0 fully saturated rings. The van der Waals surface area contributed by atoms with Crippen LogP contribution in [0.5, 0.6) is 11.5 Å². The Hall–Kier alpha value is -2.24. The number of carbonyl (C=O) groups is 2. The van der Waals surface area contributed by atoms with Gasteiger partial charge in [-0.05, 0) is 30.0 Å². The quantitative estimate of drug-likeness (QED) is 0.602. The second-order valence-electron chi connectivity index (χ2n) is 4.77. The fourth-order valence-corrected chi connectivity index (χ4v) is 2.25. The van der Waals surface area contributed by atoms with Crippen molar-refractivity contribution in [3.05, 3.63) is 23.8 Å². The Bertz CT molecular complexity index is 515. The molecule has 0 aromatic heterocycles. The Morgan fingerprint density at radius 3 is 2.24 bits per heavy atom. The van der Waals surface area contributed by atoms with E-state index in [1.165, 1.54) is 7.11 Å². The highest BCUT2D eigenvalue weighted by molar-refractivity contribution is 5.97. The predicted octanol–water partition coefficient (Wildman–Crippen LogP) is 1.16. The van der Waals surface area contributed by atoms with Crippen molar-refractivity contribution >= 4 is 11.9 Å². The first-order valence-electron chi connectivity index (χ1n) is 6.52. The van der Waals surface area contributed by atoms with E-state index in [9.17, 15) is 9.59 Å². The number of methoxy groups -OCH3 is 3. The molecule has 0 spiro atoms. The predicted molar refractivity (Wildman–Crippen MR) is 77.1 cm³/mol. The van der Waals surface area contributed by atoms with Crippen molar-refractivity contribution in [2.45, 2.75) is 13.3 Å². The zero-order valence-electron chi connectivity index (χ0n) is 12.7. The van der Waals surface area contributed by atoms with E-state index in [1.54, 1.807) is 27.2 Å². The number of carbonyl (C=O) groups excluding carboxylic acids is 2. The van der Waals surface area contributed by atoms with Crippen LogP contribution in [0.2, 0.25) is 0 Å². The topological polar surface area (TPSA) is 87.9 Å². The van der Waals surface area contributed by atoms with E-state index in [1.807, 2.05) is 12.1 Å². The molecule has 2 unspecified atom stereocenters. The van der Waals surface area contributed by atoms with E-state index in [0.29, 0.717) is 17.9 Å². The molecule has 2 N–H and O–H groups in total. The van der Waals surface area contributed by atoms with Gasteiger partial charge in [-0.25, -0.2) is 0 Å². The maximum atomic E-state index is 11.6. The molecule has 6 heteroatoms. The third kappa shape index (κ3) is 4.11. The Labute approximate surface area is 124 Å². The maximum absolute atomic E-state index is 11.6. The van der Waals surface area contributed by atoms with Crippen molar-refractivity contribution < 1.29 is 23.8 Å². The zero-order valence-corrected chi connectivity index (χ0v) is 12.7. The molecule has 0 radical (unpaired) electrons. The molecule has 0 bridgehead atoms. The number of hydrogen-bond donors (Lipinski definition) is 1.